The Morgan fingerprint density at radius 2 is 2.26 bits per heavy atom. The number of nitrogens with one attached hydrogen (secondary N) is 1. The molecule has 3 rings (SSSR count). The van der Waals surface area contributed by atoms with Crippen LogP contribution in [0.3, 0.4) is 0 Å². The highest BCUT2D eigenvalue weighted by atomic mass is 32.2. The number of nitrogens with zero attached hydrogens (tertiary/aromatic N) is 3. The van der Waals surface area contributed by atoms with Crippen LogP contribution in [-0.2, 0) is 13.5 Å². The minimum Gasteiger partial charge on any atom is -0.359 e. The van der Waals surface area contributed by atoms with Crippen molar-refractivity contribution in [3.8, 4) is 0 Å². The third-order valence-electron chi connectivity index (χ3n) is 4.18. The molecule has 1 aliphatic carbocycles. The quantitative estimate of drug-likeness (QED) is 0.923. The van der Waals surface area contributed by atoms with Gasteiger partial charge in [0.15, 0.2) is 5.17 Å². The van der Waals surface area contributed by atoms with E-state index >= 15 is 0 Å². The number of hydrogen-bond donors (Lipinski definition) is 1. The van der Waals surface area contributed by atoms with E-state index in [9.17, 15) is 0 Å². The Labute approximate surface area is 119 Å². The molecule has 4 nitrogen and oxygen atoms in total. The lowest BCUT2D eigenvalue weighted by Crippen LogP contribution is -2.45. The molecule has 0 amide bonds. The Kier molecular flexibility index (Phi) is 3.82. The van der Waals surface area contributed by atoms with Crippen LogP contribution >= 0.6 is 11.8 Å². The van der Waals surface area contributed by atoms with Gasteiger partial charge in [-0.2, -0.15) is 0 Å². The van der Waals surface area contributed by atoms with Crippen LogP contribution in [0.1, 0.15) is 37.9 Å². The zero-order valence-corrected chi connectivity index (χ0v) is 12.4. The van der Waals surface area contributed by atoms with Crippen LogP contribution in [0, 0.1) is 0 Å². The molecule has 1 aromatic heterocycles. The summed E-state index contributed by atoms with van der Waals surface area (Å²) in [5, 5.41) is 4.84. The third-order valence-corrected chi connectivity index (χ3v) is 5.38. The molecule has 1 aliphatic heterocycles. The molecule has 1 N–H and O–H groups in total. The van der Waals surface area contributed by atoms with Crippen molar-refractivity contribution in [3.63, 3.8) is 0 Å². The van der Waals surface area contributed by atoms with Gasteiger partial charge in [-0.15, -0.1) is 0 Å². The fourth-order valence-electron chi connectivity index (χ4n) is 2.98. The third kappa shape index (κ3) is 2.96. The van der Waals surface area contributed by atoms with Crippen molar-refractivity contribution in [1.29, 1.82) is 0 Å². The zero-order chi connectivity index (χ0) is 13.1. The van der Waals surface area contributed by atoms with Gasteiger partial charge in [-0.05, 0) is 12.8 Å². The smallest absolute Gasteiger partial charge is 0.157 e. The molecule has 1 spiro atoms. The van der Waals surface area contributed by atoms with Crippen LogP contribution in [-0.4, -0.2) is 32.6 Å². The summed E-state index contributed by atoms with van der Waals surface area (Å²) < 4.78 is 2.07. The average molecular weight is 278 g/mol. The summed E-state index contributed by atoms with van der Waals surface area (Å²) >= 11 is 1.90. The maximum atomic E-state index is 4.70. The number of aliphatic imine (C=N–C) groups is 1. The molecule has 2 aliphatic rings. The fourth-order valence-corrected chi connectivity index (χ4v) is 4.23. The largest absolute Gasteiger partial charge is 0.359 e. The second-order valence-electron chi connectivity index (χ2n) is 5.65. The first-order valence-corrected chi connectivity index (χ1v) is 8.18. The Bertz CT molecular complexity index is 460. The van der Waals surface area contributed by atoms with E-state index in [1.54, 1.807) is 0 Å². The average Bonchev–Trinajstić information content (AvgIpc) is 2.99. The monoisotopic (exact) mass is 278 g/mol. The van der Waals surface area contributed by atoms with Crippen molar-refractivity contribution in [1.82, 2.24) is 14.9 Å². The van der Waals surface area contributed by atoms with E-state index in [0.29, 0.717) is 5.54 Å². The first-order chi connectivity index (χ1) is 9.27. The first kappa shape index (κ1) is 13.0. The van der Waals surface area contributed by atoms with Gasteiger partial charge in [0.1, 0.15) is 5.82 Å². The van der Waals surface area contributed by atoms with Crippen molar-refractivity contribution in [2.24, 2.45) is 12.0 Å². The molecule has 1 saturated heterocycles. The molecule has 2 heterocycles. The second-order valence-corrected chi connectivity index (χ2v) is 6.61. The lowest BCUT2D eigenvalue weighted by Gasteiger charge is -2.32. The van der Waals surface area contributed by atoms with Crippen molar-refractivity contribution >= 4 is 16.9 Å². The Hall–Kier alpha value is -0.970. The molecule has 19 heavy (non-hydrogen) atoms. The van der Waals surface area contributed by atoms with Crippen LogP contribution in [0.25, 0.3) is 0 Å². The molecule has 1 saturated carbocycles. The van der Waals surface area contributed by atoms with Gasteiger partial charge in [0.25, 0.3) is 0 Å². The summed E-state index contributed by atoms with van der Waals surface area (Å²) in [6, 6.07) is 0. The first-order valence-electron chi connectivity index (χ1n) is 7.19. The number of aromatic nitrogens is 2. The summed E-state index contributed by atoms with van der Waals surface area (Å²) in [6.07, 6.45) is 11.5. The van der Waals surface area contributed by atoms with E-state index in [-0.39, 0.29) is 0 Å². The maximum absolute atomic E-state index is 4.70. The summed E-state index contributed by atoms with van der Waals surface area (Å²) in [7, 11) is 2.04. The van der Waals surface area contributed by atoms with Crippen LogP contribution < -0.4 is 5.32 Å². The number of rotatable bonds is 3. The normalized spacial score (nSPS) is 23.9. The van der Waals surface area contributed by atoms with E-state index < -0.39 is 0 Å². The zero-order valence-electron chi connectivity index (χ0n) is 11.6. The van der Waals surface area contributed by atoms with Gasteiger partial charge in [-0.1, -0.05) is 31.0 Å². The molecule has 0 bridgehead atoms. The van der Waals surface area contributed by atoms with Crippen molar-refractivity contribution in [2.75, 3.05) is 12.3 Å². The molecule has 104 valence electrons. The molecule has 0 aromatic carbocycles. The van der Waals surface area contributed by atoms with Crippen LogP contribution in [0.4, 0.5) is 0 Å². The summed E-state index contributed by atoms with van der Waals surface area (Å²) in [5.41, 5.74) is 0.366. The van der Waals surface area contributed by atoms with E-state index in [4.69, 9.17) is 4.99 Å². The lowest BCUT2D eigenvalue weighted by atomic mass is 9.83. The SMILES string of the molecule is Cn1ccnc1CCN=C1NC2(CCCCC2)CS1. The number of imidazole rings is 1. The van der Waals surface area contributed by atoms with E-state index in [2.05, 4.69) is 14.9 Å². The highest BCUT2D eigenvalue weighted by molar-refractivity contribution is 8.14. The Morgan fingerprint density at radius 3 is 3.00 bits per heavy atom. The van der Waals surface area contributed by atoms with Gasteiger partial charge in [-0.25, -0.2) is 4.98 Å². The number of hydrogen-bond acceptors (Lipinski definition) is 3. The molecular weight excluding hydrogens is 256 g/mol. The number of thioether (sulfide) groups is 1. The van der Waals surface area contributed by atoms with Gasteiger partial charge in [0.05, 0.1) is 0 Å². The highest BCUT2D eigenvalue weighted by Crippen LogP contribution is 2.36. The maximum Gasteiger partial charge on any atom is 0.157 e. The molecule has 1 aromatic rings. The minimum atomic E-state index is 0.366. The van der Waals surface area contributed by atoms with Crippen LogP contribution in [0.2, 0.25) is 0 Å². The van der Waals surface area contributed by atoms with Crippen molar-refractivity contribution < 1.29 is 0 Å². The summed E-state index contributed by atoms with van der Waals surface area (Å²) in [5.74, 6) is 2.31. The molecular formula is C14H22N4S. The fraction of sp³-hybridized carbons (Fsp3) is 0.714. The van der Waals surface area contributed by atoms with Crippen LogP contribution in [0.5, 0.6) is 0 Å². The molecule has 5 heteroatoms. The standard InChI is InChI=1S/C14H22N4S/c1-18-10-9-15-12(18)5-8-16-13-17-14(11-19-13)6-3-2-4-7-14/h9-10H,2-8,11H2,1H3,(H,16,17). The minimum absolute atomic E-state index is 0.366. The predicted octanol–water partition coefficient (Wildman–Crippen LogP) is 2.36. The molecule has 0 atom stereocenters. The molecule has 2 fully saturated rings. The lowest BCUT2D eigenvalue weighted by molar-refractivity contribution is 0.303. The van der Waals surface area contributed by atoms with E-state index in [1.165, 1.54) is 37.9 Å². The predicted molar refractivity (Wildman–Crippen MR) is 80.6 cm³/mol. The Balaban J connectivity index is 1.53. The van der Waals surface area contributed by atoms with Crippen LogP contribution in [0.15, 0.2) is 17.4 Å². The second kappa shape index (κ2) is 5.57. The number of amidine groups is 1. The van der Waals surface area contributed by atoms with E-state index in [0.717, 1.165) is 24.0 Å². The van der Waals surface area contributed by atoms with Gasteiger partial charge in [0, 0.05) is 43.7 Å². The summed E-state index contributed by atoms with van der Waals surface area (Å²) in [6.45, 7) is 0.830. The van der Waals surface area contributed by atoms with E-state index in [1.807, 2.05) is 31.2 Å². The van der Waals surface area contributed by atoms with Gasteiger partial charge in [-0.3, -0.25) is 4.99 Å². The summed E-state index contributed by atoms with van der Waals surface area (Å²) in [4.78, 5) is 9.03. The highest BCUT2D eigenvalue weighted by Gasteiger charge is 2.37. The van der Waals surface area contributed by atoms with Crippen molar-refractivity contribution in [3.05, 3.63) is 18.2 Å². The van der Waals surface area contributed by atoms with Crippen molar-refractivity contribution in [2.45, 2.75) is 44.1 Å². The molecule has 0 radical (unpaired) electrons. The molecule has 0 unspecified atom stereocenters. The Morgan fingerprint density at radius 1 is 1.42 bits per heavy atom. The number of aryl methyl sites for hydroxylation is 1. The van der Waals surface area contributed by atoms with Gasteiger partial charge in [0.2, 0.25) is 0 Å². The topological polar surface area (TPSA) is 42.2 Å². The van der Waals surface area contributed by atoms with Gasteiger partial charge >= 0.3 is 0 Å². The van der Waals surface area contributed by atoms with Gasteiger partial charge < -0.3 is 9.88 Å².